The summed E-state index contributed by atoms with van der Waals surface area (Å²) in [7, 11) is 2.14. The number of unbranched alkanes of at least 4 members (excludes halogenated alkanes) is 1. The second-order valence-electron chi connectivity index (χ2n) is 5.24. The van der Waals surface area contributed by atoms with Crippen LogP contribution in [-0.2, 0) is 0 Å². The number of nitrogens with zero attached hydrogens (tertiary/aromatic N) is 1. The van der Waals surface area contributed by atoms with Gasteiger partial charge in [-0.05, 0) is 66.4 Å². The summed E-state index contributed by atoms with van der Waals surface area (Å²) in [5.41, 5.74) is 2.58. The largest absolute Gasteiger partial charge is 0.374 e. The lowest BCUT2D eigenvalue weighted by molar-refractivity contribution is 0.570. The molecule has 20 heavy (non-hydrogen) atoms. The first kappa shape index (κ1) is 17.3. The average Bonchev–Trinajstić information content (AvgIpc) is 2.44. The standard InChI is InChI=1S/C17H27BrN2/c1-5-7-8-12-20(4)17-10-9-15(13-16(17)18)14(3)19-11-6-2/h5,9-10,13-14,19H,1,6-8,11-12H2,2-4H3. The maximum absolute atomic E-state index is 3.77. The second kappa shape index (κ2) is 9.19. The van der Waals surface area contributed by atoms with Crippen molar-refractivity contribution in [1.29, 1.82) is 0 Å². The van der Waals surface area contributed by atoms with E-state index >= 15 is 0 Å². The van der Waals surface area contributed by atoms with Gasteiger partial charge in [-0.25, -0.2) is 0 Å². The summed E-state index contributed by atoms with van der Waals surface area (Å²) in [6.07, 6.45) is 5.35. The van der Waals surface area contributed by atoms with Gasteiger partial charge in [-0.2, -0.15) is 0 Å². The number of anilines is 1. The van der Waals surface area contributed by atoms with Gasteiger partial charge in [-0.1, -0.05) is 19.1 Å². The van der Waals surface area contributed by atoms with Crippen LogP contribution in [0, 0.1) is 0 Å². The van der Waals surface area contributed by atoms with Gasteiger partial charge in [0.05, 0.1) is 5.69 Å². The van der Waals surface area contributed by atoms with Crippen LogP contribution >= 0.6 is 15.9 Å². The number of hydrogen-bond donors (Lipinski definition) is 1. The Morgan fingerprint density at radius 3 is 2.80 bits per heavy atom. The molecule has 0 amide bonds. The topological polar surface area (TPSA) is 15.3 Å². The third-order valence-corrected chi connectivity index (χ3v) is 4.12. The van der Waals surface area contributed by atoms with E-state index in [0.29, 0.717) is 6.04 Å². The van der Waals surface area contributed by atoms with E-state index in [1.807, 2.05) is 6.08 Å². The predicted molar refractivity (Wildman–Crippen MR) is 93.6 cm³/mol. The zero-order valence-electron chi connectivity index (χ0n) is 13.0. The Labute approximate surface area is 132 Å². The van der Waals surface area contributed by atoms with Gasteiger partial charge in [0.25, 0.3) is 0 Å². The lowest BCUT2D eigenvalue weighted by atomic mass is 10.1. The first-order valence-corrected chi connectivity index (χ1v) is 8.24. The fourth-order valence-corrected chi connectivity index (χ4v) is 2.87. The Kier molecular flexibility index (Phi) is 7.93. The van der Waals surface area contributed by atoms with Gasteiger partial charge in [-0.3, -0.25) is 0 Å². The van der Waals surface area contributed by atoms with Crippen LogP contribution in [0.5, 0.6) is 0 Å². The molecule has 0 aliphatic carbocycles. The lowest BCUT2D eigenvalue weighted by Gasteiger charge is -2.22. The van der Waals surface area contributed by atoms with Crippen molar-refractivity contribution < 1.29 is 0 Å². The fraction of sp³-hybridized carbons (Fsp3) is 0.529. The van der Waals surface area contributed by atoms with E-state index in [9.17, 15) is 0 Å². The molecule has 0 bridgehead atoms. The van der Waals surface area contributed by atoms with Crippen molar-refractivity contribution in [1.82, 2.24) is 5.32 Å². The van der Waals surface area contributed by atoms with Gasteiger partial charge in [0.1, 0.15) is 0 Å². The van der Waals surface area contributed by atoms with Crippen molar-refractivity contribution in [2.45, 2.75) is 39.2 Å². The molecular weight excluding hydrogens is 312 g/mol. The molecule has 0 saturated heterocycles. The molecule has 1 atom stereocenters. The average molecular weight is 339 g/mol. The highest BCUT2D eigenvalue weighted by atomic mass is 79.9. The van der Waals surface area contributed by atoms with Crippen molar-refractivity contribution in [2.75, 3.05) is 25.0 Å². The maximum Gasteiger partial charge on any atom is 0.0508 e. The van der Waals surface area contributed by atoms with Gasteiger partial charge in [0.2, 0.25) is 0 Å². The van der Waals surface area contributed by atoms with Crippen LogP contribution in [0.15, 0.2) is 35.3 Å². The fourth-order valence-electron chi connectivity index (χ4n) is 2.17. The van der Waals surface area contributed by atoms with E-state index in [4.69, 9.17) is 0 Å². The summed E-state index contributed by atoms with van der Waals surface area (Å²) >= 11 is 3.70. The van der Waals surface area contributed by atoms with Gasteiger partial charge >= 0.3 is 0 Å². The SMILES string of the molecule is C=CCCCN(C)c1ccc(C(C)NCCC)cc1Br. The molecule has 1 aromatic carbocycles. The van der Waals surface area contributed by atoms with Crippen LogP contribution in [0.4, 0.5) is 5.69 Å². The summed E-state index contributed by atoms with van der Waals surface area (Å²) in [4.78, 5) is 2.29. The smallest absolute Gasteiger partial charge is 0.0508 e. The summed E-state index contributed by atoms with van der Waals surface area (Å²) in [5.74, 6) is 0. The molecule has 0 heterocycles. The molecule has 2 nitrogen and oxygen atoms in total. The Morgan fingerprint density at radius 1 is 1.45 bits per heavy atom. The molecule has 1 unspecified atom stereocenters. The Balaban J connectivity index is 2.69. The molecule has 0 radical (unpaired) electrons. The minimum absolute atomic E-state index is 0.395. The quantitative estimate of drug-likeness (QED) is 0.508. The van der Waals surface area contributed by atoms with Crippen LogP contribution in [0.2, 0.25) is 0 Å². The van der Waals surface area contributed by atoms with Crippen molar-refractivity contribution in [3.8, 4) is 0 Å². The molecular formula is C17H27BrN2. The van der Waals surface area contributed by atoms with E-state index in [-0.39, 0.29) is 0 Å². The van der Waals surface area contributed by atoms with Crippen molar-refractivity contribution in [3.63, 3.8) is 0 Å². The molecule has 3 heteroatoms. The molecule has 0 spiro atoms. The molecule has 0 aliphatic heterocycles. The normalized spacial score (nSPS) is 12.2. The molecule has 0 fully saturated rings. The van der Waals surface area contributed by atoms with Crippen molar-refractivity contribution in [3.05, 3.63) is 40.9 Å². The Morgan fingerprint density at radius 2 is 2.20 bits per heavy atom. The number of rotatable bonds is 9. The molecule has 0 saturated carbocycles. The van der Waals surface area contributed by atoms with Gasteiger partial charge in [-0.15, -0.1) is 6.58 Å². The minimum atomic E-state index is 0.395. The molecule has 0 aliphatic rings. The number of halogens is 1. The molecule has 1 rings (SSSR count). The summed E-state index contributed by atoms with van der Waals surface area (Å²) in [5, 5.41) is 3.52. The van der Waals surface area contributed by atoms with Gasteiger partial charge in [0.15, 0.2) is 0 Å². The highest BCUT2D eigenvalue weighted by Crippen LogP contribution is 2.29. The summed E-state index contributed by atoms with van der Waals surface area (Å²) < 4.78 is 1.17. The van der Waals surface area contributed by atoms with Crippen LogP contribution in [0.1, 0.15) is 44.7 Å². The zero-order chi connectivity index (χ0) is 15.0. The van der Waals surface area contributed by atoms with Gasteiger partial charge in [0, 0.05) is 24.1 Å². The van der Waals surface area contributed by atoms with Crippen LogP contribution in [0.3, 0.4) is 0 Å². The number of nitrogens with one attached hydrogen (secondary N) is 1. The third-order valence-electron chi connectivity index (χ3n) is 3.49. The highest BCUT2D eigenvalue weighted by molar-refractivity contribution is 9.10. The first-order chi connectivity index (χ1) is 9.60. The summed E-state index contributed by atoms with van der Waals surface area (Å²) in [6.45, 7) is 10.3. The van der Waals surface area contributed by atoms with Crippen LogP contribution in [-0.4, -0.2) is 20.1 Å². The summed E-state index contributed by atoms with van der Waals surface area (Å²) in [6, 6.07) is 7.05. The van der Waals surface area contributed by atoms with Crippen molar-refractivity contribution >= 4 is 21.6 Å². The molecule has 1 aromatic rings. The van der Waals surface area contributed by atoms with Crippen molar-refractivity contribution in [2.24, 2.45) is 0 Å². The van der Waals surface area contributed by atoms with E-state index < -0.39 is 0 Å². The van der Waals surface area contributed by atoms with Crippen LogP contribution < -0.4 is 10.2 Å². The van der Waals surface area contributed by atoms with Crippen LogP contribution in [0.25, 0.3) is 0 Å². The first-order valence-electron chi connectivity index (χ1n) is 7.45. The predicted octanol–water partition coefficient (Wildman–Crippen LogP) is 4.91. The minimum Gasteiger partial charge on any atom is -0.374 e. The maximum atomic E-state index is 3.77. The molecule has 1 N–H and O–H groups in total. The van der Waals surface area contributed by atoms with E-state index in [1.165, 1.54) is 15.7 Å². The number of hydrogen-bond acceptors (Lipinski definition) is 2. The monoisotopic (exact) mass is 338 g/mol. The second-order valence-corrected chi connectivity index (χ2v) is 6.09. The lowest BCUT2D eigenvalue weighted by Crippen LogP contribution is -2.21. The molecule has 112 valence electrons. The van der Waals surface area contributed by atoms with Gasteiger partial charge < -0.3 is 10.2 Å². The highest BCUT2D eigenvalue weighted by Gasteiger charge is 2.09. The Hall–Kier alpha value is -0.800. The Bertz CT molecular complexity index is 417. The number of allylic oxidation sites excluding steroid dienone is 1. The van der Waals surface area contributed by atoms with E-state index in [2.05, 4.69) is 71.8 Å². The zero-order valence-corrected chi connectivity index (χ0v) is 14.5. The third kappa shape index (κ3) is 5.29. The van der Waals surface area contributed by atoms with E-state index in [1.54, 1.807) is 0 Å². The number of benzene rings is 1. The van der Waals surface area contributed by atoms with E-state index in [0.717, 1.165) is 32.4 Å². The molecule has 0 aromatic heterocycles.